The Morgan fingerprint density at radius 2 is 2.32 bits per heavy atom. The van der Waals surface area contributed by atoms with E-state index in [0.717, 1.165) is 28.1 Å². The normalized spacial score (nSPS) is 19.2. The molecule has 5 heteroatoms. The fourth-order valence-electron chi connectivity index (χ4n) is 2.09. The van der Waals surface area contributed by atoms with Crippen molar-refractivity contribution in [1.82, 2.24) is 10.2 Å². The average molecular weight is 343 g/mol. The van der Waals surface area contributed by atoms with Crippen molar-refractivity contribution in [1.29, 1.82) is 0 Å². The lowest BCUT2D eigenvalue weighted by Crippen LogP contribution is -2.41. The molecule has 19 heavy (non-hydrogen) atoms. The number of thioether (sulfide) groups is 1. The van der Waals surface area contributed by atoms with Gasteiger partial charge in [-0.2, -0.15) is 11.8 Å². The minimum absolute atomic E-state index is 0.204. The summed E-state index contributed by atoms with van der Waals surface area (Å²) in [5.74, 6) is 2.39. The first-order valence-electron chi connectivity index (χ1n) is 6.45. The van der Waals surface area contributed by atoms with Crippen molar-refractivity contribution >= 4 is 33.6 Å². The number of nitrogens with zero attached hydrogens (tertiary/aromatic N) is 1. The first-order chi connectivity index (χ1) is 9.16. The van der Waals surface area contributed by atoms with Crippen LogP contribution in [0.2, 0.25) is 0 Å². The molecule has 1 N–H and O–H groups in total. The number of hydrogen-bond acceptors (Lipinski definition) is 3. The maximum absolute atomic E-state index is 12.2. The van der Waals surface area contributed by atoms with Crippen LogP contribution in [-0.2, 0) is 11.3 Å². The lowest BCUT2D eigenvalue weighted by atomic mass is 10.2. The van der Waals surface area contributed by atoms with Crippen LogP contribution in [0, 0.1) is 0 Å². The Morgan fingerprint density at radius 1 is 1.53 bits per heavy atom. The van der Waals surface area contributed by atoms with Crippen LogP contribution < -0.4 is 5.32 Å². The molecule has 1 saturated heterocycles. The Bertz CT molecular complexity index is 435. The zero-order chi connectivity index (χ0) is 13.7. The van der Waals surface area contributed by atoms with Crippen LogP contribution in [-0.4, -0.2) is 41.9 Å². The van der Waals surface area contributed by atoms with Crippen molar-refractivity contribution in [3.63, 3.8) is 0 Å². The summed E-state index contributed by atoms with van der Waals surface area (Å²) in [6.07, 6.45) is 0.591. The molecule has 0 aliphatic carbocycles. The molecule has 0 saturated carbocycles. The monoisotopic (exact) mass is 342 g/mol. The SMILES string of the molecule is CN(Cc1ccccc1Br)C(=O)CC1CSCCN1. The minimum atomic E-state index is 0.204. The summed E-state index contributed by atoms with van der Waals surface area (Å²) in [5, 5.41) is 3.40. The highest BCUT2D eigenvalue weighted by Gasteiger charge is 2.19. The van der Waals surface area contributed by atoms with Gasteiger partial charge in [0, 0.05) is 48.6 Å². The molecule has 1 atom stereocenters. The van der Waals surface area contributed by atoms with E-state index in [4.69, 9.17) is 0 Å². The number of amides is 1. The molecular weight excluding hydrogens is 324 g/mol. The fourth-order valence-corrected chi connectivity index (χ4v) is 3.45. The second-order valence-corrected chi connectivity index (χ2v) is 6.78. The Hall–Kier alpha value is -0.520. The van der Waals surface area contributed by atoms with E-state index in [0.29, 0.717) is 19.0 Å². The van der Waals surface area contributed by atoms with E-state index in [2.05, 4.69) is 21.2 Å². The molecule has 0 bridgehead atoms. The topological polar surface area (TPSA) is 32.3 Å². The first-order valence-corrected chi connectivity index (χ1v) is 8.40. The van der Waals surface area contributed by atoms with Crippen LogP contribution >= 0.6 is 27.7 Å². The maximum atomic E-state index is 12.2. The molecule has 2 rings (SSSR count). The van der Waals surface area contributed by atoms with Gasteiger partial charge in [0.15, 0.2) is 0 Å². The number of halogens is 1. The van der Waals surface area contributed by atoms with E-state index in [1.54, 1.807) is 4.90 Å². The van der Waals surface area contributed by atoms with Gasteiger partial charge in [-0.25, -0.2) is 0 Å². The average Bonchev–Trinajstić information content (AvgIpc) is 2.42. The van der Waals surface area contributed by atoms with Crippen molar-refractivity contribution in [2.75, 3.05) is 25.1 Å². The molecule has 1 aliphatic heterocycles. The van der Waals surface area contributed by atoms with Crippen LogP contribution in [0.15, 0.2) is 28.7 Å². The lowest BCUT2D eigenvalue weighted by Gasteiger charge is -2.25. The number of nitrogens with one attached hydrogen (secondary N) is 1. The number of rotatable bonds is 4. The van der Waals surface area contributed by atoms with Crippen LogP contribution in [0.4, 0.5) is 0 Å². The van der Waals surface area contributed by atoms with E-state index < -0.39 is 0 Å². The largest absolute Gasteiger partial charge is 0.341 e. The molecule has 1 unspecified atom stereocenters. The summed E-state index contributed by atoms with van der Waals surface area (Å²) in [7, 11) is 1.87. The third-order valence-corrected chi connectivity index (χ3v) is 5.12. The molecule has 1 fully saturated rings. The molecule has 0 aromatic heterocycles. The quantitative estimate of drug-likeness (QED) is 0.912. The molecule has 0 spiro atoms. The molecule has 1 heterocycles. The van der Waals surface area contributed by atoms with Crippen LogP contribution in [0.1, 0.15) is 12.0 Å². The number of carbonyl (C=O) groups excluding carboxylic acids is 1. The van der Waals surface area contributed by atoms with Gasteiger partial charge in [-0.05, 0) is 11.6 Å². The van der Waals surface area contributed by atoms with Crippen molar-refractivity contribution < 1.29 is 4.79 Å². The molecule has 1 amide bonds. The van der Waals surface area contributed by atoms with E-state index in [9.17, 15) is 4.79 Å². The predicted octanol–water partition coefficient (Wildman–Crippen LogP) is 2.50. The predicted molar refractivity (Wildman–Crippen MR) is 84.3 cm³/mol. The summed E-state index contributed by atoms with van der Waals surface area (Å²) < 4.78 is 1.06. The molecule has 3 nitrogen and oxygen atoms in total. The Kier molecular flexibility index (Phi) is 5.73. The molecule has 1 aromatic rings. The summed E-state index contributed by atoms with van der Waals surface area (Å²) in [6, 6.07) is 8.36. The molecule has 104 valence electrons. The summed E-state index contributed by atoms with van der Waals surface area (Å²) in [6.45, 7) is 1.66. The van der Waals surface area contributed by atoms with Gasteiger partial charge in [-0.3, -0.25) is 4.79 Å². The summed E-state index contributed by atoms with van der Waals surface area (Å²) >= 11 is 5.44. The third kappa shape index (κ3) is 4.51. The number of benzene rings is 1. The van der Waals surface area contributed by atoms with Crippen molar-refractivity contribution in [3.8, 4) is 0 Å². The van der Waals surface area contributed by atoms with Crippen molar-refractivity contribution in [2.45, 2.75) is 19.0 Å². The van der Waals surface area contributed by atoms with Gasteiger partial charge in [-0.1, -0.05) is 34.1 Å². The zero-order valence-corrected chi connectivity index (χ0v) is 13.5. The van der Waals surface area contributed by atoms with Gasteiger partial charge in [0.25, 0.3) is 0 Å². The van der Waals surface area contributed by atoms with E-state index >= 15 is 0 Å². The Morgan fingerprint density at radius 3 is 3.00 bits per heavy atom. The van der Waals surface area contributed by atoms with Gasteiger partial charge >= 0.3 is 0 Å². The first kappa shape index (κ1) is 14.9. The second kappa shape index (κ2) is 7.31. The Labute approximate surface area is 127 Å². The van der Waals surface area contributed by atoms with Gasteiger partial charge in [0.1, 0.15) is 0 Å². The highest BCUT2D eigenvalue weighted by Crippen LogP contribution is 2.18. The number of hydrogen-bond donors (Lipinski definition) is 1. The standard InChI is InChI=1S/C14H19BrN2OS/c1-17(9-11-4-2-3-5-13(11)15)14(18)8-12-10-19-7-6-16-12/h2-5,12,16H,6-10H2,1H3. The highest BCUT2D eigenvalue weighted by atomic mass is 79.9. The van der Waals surface area contributed by atoms with Crippen LogP contribution in [0.5, 0.6) is 0 Å². The molecule has 1 aliphatic rings. The van der Waals surface area contributed by atoms with E-state index in [-0.39, 0.29) is 5.91 Å². The van der Waals surface area contributed by atoms with Crippen LogP contribution in [0.3, 0.4) is 0 Å². The fraction of sp³-hybridized carbons (Fsp3) is 0.500. The van der Waals surface area contributed by atoms with Crippen molar-refractivity contribution in [3.05, 3.63) is 34.3 Å². The van der Waals surface area contributed by atoms with Gasteiger partial charge in [0.05, 0.1) is 0 Å². The highest BCUT2D eigenvalue weighted by molar-refractivity contribution is 9.10. The smallest absolute Gasteiger partial charge is 0.224 e. The Balaban J connectivity index is 1.87. The number of carbonyl (C=O) groups is 1. The van der Waals surface area contributed by atoms with Gasteiger partial charge in [-0.15, -0.1) is 0 Å². The van der Waals surface area contributed by atoms with Gasteiger partial charge < -0.3 is 10.2 Å². The van der Waals surface area contributed by atoms with Crippen molar-refractivity contribution in [2.24, 2.45) is 0 Å². The summed E-state index contributed by atoms with van der Waals surface area (Å²) in [5.41, 5.74) is 1.14. The molecule has 1 aromatic carbocycles. The van der Waals surface area contributed by atoms with E-state index in [1.165, 1.54) is 0 Å². The summed E-state index contributed by atoms with van der Waals surface area (Å²) in [4.78, 5) is 14.0. The van der Waals surface area contributed by atoms with E-state index in [1.807, 2.05) is 43.1 Å². The lowest BCUT2D eigenvalue weighted by molar-refractivity contribution is -0.130. The van der Waals surface area contributed by atoms with Gasteiger partial charge in [0.2, 0.25) is 5.91 Å². The zero-order valence-electron chi connectivity index (χ0n) is 11.1. The molecular formula is C14H19BrN2OS. The third-order valence-electron chi connectivity index (χ3n) is 3.21. The minimum Gasteiger partial charge on any atom is -0.341 e. The molecule has 0 radical (unpaired) electrons. The maximum Gasteiger partial charge on any atom is 0.224 e. The van der Waals surface area contributed by atoms with Crippen LogP contribution in [0.25, 0.3) is 0 Å². The second-order valence-electron chi connectivity index (χ2n) is 4.77.